The van der Waals surface area contributed by atoms with Crippen LogP contribution in [0.1, 0.15) is 53.5 Å². The van der Waals surface area contributed by atoms with Crippen LogP contribution in [0.5, 0.6) is 5.75 Å². The van der Waals surface area contributed by atoms with Crippen molar-refractivity contribution < 1.29 is 9.47 Å². The van der Waals surface area contributed by atoms with E-state index in [9.17, 15) is 0 Å². The van der Waals surface area contributed by atoms with Crippen LogP contribution in [0.15, 0.2) is 36.4 Å². The lowest BCUT2D eigenvalue weighted by molar-refractivity contribution is 0.233. The maximum absolute atomic E-state index is 5.57. The zero-order valence-electron chi connectivity index (χ0n) is 15.4. The first-order chi connectivity index (χ1) is 10.3. The molecule has 2 nitrogen and oxygen atoms in total. The molecule has 21 heavy (non-hydrogen) atoms. The summed E-state index contributed by atoms with van der Waals surface area (Å²) in [6.07, 6.45) is 4.98. The zero-order chi connectivity index (χ0) is 16.9. The third-order valence-electron chi connectivity index (χ3n) is 1.97. The highest BCUT2D eigenvalue weighted by Crippen LogP contribution is 2.12. The SMILES string of the molecule is CC.CC.CC.COC/C=C/CCOc1cccc(C)c1. The Hall–Kier alpha value is -1.28. The van der Waals surface area contributed by atoms with Crippen molar-refractivity contribution in [3.63, 3.8) is 0 Å². The predicted octanol–water partition coefficient (Wildman–Crippen LogP) is 6.05. The summed E-state index contributed by atoms with van der Waals surface area (Å²) >= 11 is 0. The van der Waals surface area contributed by atoms with Crippen molar-refractivity contribution in [3.05, 3.63) is 42.0 Å². The molecule has 0 aromatic heterocycles. The summed E-state index contributed by atoms with van der Waals surface area (Å²) in [6.45, 7) is 15.4. The summed E-state index contributed by atoms with van der Waals surface area (Å²) in [5.74, 6) is 0.940. The molecule has 0 amide bonds. The van der Waals surface area contributed by atoms with Gasteiger partial charge in [0.1, 0.15) is 5.75 Å². The summed E-state index contributed by atoms with van der Waals surface area (Å²) in [5, 5.41) is 0. The van der Waals surface area contributed by atoms with E-state index in [2.05, 4.69) is 19.1 Å². The summed E-state index contributed by atoms with van der Waals surface area (Å²) < 4.78 is 10.5. The summed E-state index contributed by atoms with van der Waals surface area (Å²) in [4.78, 5) is 0. The topological polar surface area (TPSA) is 18.5 Å². The third-order valence-corrected chi connectivity index (χ3v) is 1.97. The van der Waals surface area contributed by atoms with E-state index in [0.29, 0.717) is 13.2 Å². The van der Waals surface area contributed by atoms with Gasteiger partial charge in [0.05, 0.1) is 13.2 Å². The Morgan fingerprint density at radius 2 is 1.57 bits per heavy atom. The van der Waals surface area contributed by atoms with Gasteiger partial charge in [0.15, 0.2) is 0 Å². The fourth-order valence-corrected chi connectivity index (χ4v) is 1.23. The Kier molecular flexibility index (Phi) is 28.0. The molecule has 0 heterocycles. The van der Waals surface area contributed by atoms with E-state index in [4.69, 9.17) is 9.47 Å². The summed E-state index contributed by atoms with van der Waals surface area (Å²) in [6, 6.07) is 8.08. The minimum Gasteiger partial charge on any atom is -0.493 e. The molecule has 0 spiro atoms. The fourth-order valence-electron chi connectivity index (χ4n) is 1.23. The molecule has 1 aromatic carbocycles. The van der Waals surface area contributed by atoms with Crippen LogP contribution in [0.25, 0.3) is 0 Å². The Bertz CT molecular complexity index is 306. The van der Waals surface area contributed by atoms with Crippen LogP contribution < -0.4 is 4.74 Å². The zero-order valence-corrected chi connectivity index (χ0v) is 15.4. The smallest absolute Gasteiger partial charge is 0.119 e. The number of aryl methyl sites for hydroxylation is 1. The molecule has 0 aliphatic carbocycles. The third kappa shape index (κ3) is 18.7. The first kappa shape index (κ1) is 24.7. The standard InChI is InChI=1S/C13H18O2.3C2H6/c1-12-7-6-8-13(11-12)15-10-5-3-4-9-14-2;3*1-2/h3-4,6-8,11H,5,9-10H2,1-2H3;3*1-2H3/b4-3+;;;. The van der Waals surface area contributed by atoms with Crippen molar-refractivity contribution in [2.75, 3.05) is 20.3 Å². The highest BCUT2D eigenvalue weighted by atomic mass is 16.5. The number of rotatable bonds is 6. The normalized spacial score (nSPS) is 8.57. The Morgan fingerprint density at radius 1 is 0.952 bits per heavy atom. The Labute approximate surface area is 133 Å². The number of hydrogen-bond acceptors (Lipinski definition) is 2. The average Bonchev–Trinajstić information content (AvgIpc) is 2.56. The van der Waals surface area contributed by atoms with Crippen molar-refractivity contribution in [1.82, 2.24) is 0 Å². The Balaban J connectivity index is -0.000000478. The second-order valence-electron chi connectivity index (χ2n) is 3.38. The quantitative estimate of drug-likeness (QED) is 0.470. The minimum absolute atomic E-state index is 0.671. The number of methoxy groups -OCH3 is 1. The van der Waals surface area contributed by atoms with Gasteiger partial charge in [-0.15, -0.1) is 0 Å². The number of hydrogen-bond donors (Lipinski definition) is 0. The van der Waals surface area contributed by atoms with E-state index >= 15 is 0 Å². The number of ether oxygens (including phenoxy) is 2. The highest BCUT2D eigenvalue weighted by molar-refractivity contribution is 5.27. The van der Waals surface area contributed by atoms with Crippen LogP contribution in [0, 0.1) is 6.92 Å². The van der Waals surface area contributed by atoms with Crippen LogP contribution in [0.3, 0.4) is 0 Å². The lowest BCUT2D eigenvalue weighted by Crippen LogP contribution is -1.95. The van der Waals surface area contributed by atoms with E-state index in [0.717, 1.165) is 12.2 Å². The van der Waals surface area contributed by atoms with Gasteiger partial charge < -0.3 is 9.47 Å². The van der Waals surface area contributed by atoms with E-state index in [-0.39, 0.29) is 0 Å². The molecule has 0 aliphatic rings. The van der Waals surface area contributed by atoms with E-state index < -0.39 is 0 Å². The molecular weight excluding hydrogens is 260 g/mol. The van der Waals surface area contributed by atoms with Gasteiger partial charge in [0.25, 0.3) is 0 Å². The van der Waals surface area contributed by atoms with Gasteiger partial charge >= 0.3 is 0 Å². The molecule has 2 heteroatoms. The summed E-state index contributed by atoms with van der Waals surface area (Å²) in [5.41, 5.74) is 1.22. The molecule has 0 bridgehead atoms. The summed E-state index contributed by atoms with van der Waals surface area (Å²) in [7, 11) is 1.69. The molecule has 124 valence electrons. The first-order valence-corrected chi connectivity index (χ1v) is 8.16. The van der Waals surface area contributed by atoms with Crippen LogP contribution in [0.2, 0.25) is 0 Å². The largest absolute Gasteiger partial charge is 0.493 e. The molecule has 1 rings (SSSR count). The van der Waals surface area contributed by atoms with Gasteiger partial charge in [0.2, 0.25) is 0 Å². The first-order valence-electron chi connectivity index (χ1n) is 8.16. The van der Waals surface area contributed by atoms with Gasteiger partial charge in [-0.05, 0) is 31.0 Å². The van der Waals surface area contributed by atoms with Crippen LogP contribution in [-0.4, -0.2) is 20.3 Å². The average molecular weight is 296 g/mol. The predicted molar refractivity (Wildman–Crippen MR) is 96.4 cm³/mol. The molecule has 0 saturated carbocycles. The lowest BCUT2D eigenvalue weighted by atomic mass is 10.2. The molecule has 0 aliphatic heterocycles. The van der Waals surface area contributed by atoms with E-state index in [1.54, 1.807) is 7.11 Å². The molecule has 0 unspecified atom stereocenters. The van der Waals surface area contributed by atoms with Crippen molar-refractivity contribution in [2.45, 2.75) is 54.9 Å². The van der Waals surface area contributed by atoms with Crippen molar-refractivity contribution >= 4 is 0 Å². The molecule has 0 N–H and O–H groups in total. The molecule has 1 aromatic rings. The maximum atomic E-state index is 5.57. The van der Waals surface area contributed by atoms with Crippen LogP contribution in [0.4, 0.5) is 0 Å². The highest BCUT2D eigenvalue weighted by Gasteiger charge is 1.91. The molecule has 0 fully saturated rings. The lowest BCUT2D eigenvalue weighted by Gasteiger charge is -2.04. The van der Waals surface area contributed by atoms with Gasteiger partial charge in [-0.2, -0.15) is 0 Å². The second kappa shape index (κ2) is 23.8. The van der Waals surface area contributed by atoms with Gasteiger partial charge in [-0.3, -0.25) is 0 Å². The van der Waals surface area contributed by atoms with E-state index in [1.807, 2.05) is 65.8 Å². The van der Waals surface area contributed by atoms with Gasteiger partial charge in [0, 0.05) is 7.11 Å². The molecule has 0 atom stereocenters. The van der Waals surface area contributed by atoms with Crippen LogP contribution >= 0.6 is 0 Å². The van der Waals surface area contributed by atoms with Crippen LogP contribution in [-0.2, 0) is 4.74 Å². The number of benzene rings is 1. The Morgan fingerprint density at radius 3 is 2.10 bits per heavy atom. The van der Waals surface area contributed by atoms with Crippen molar-refractivity contribution in [2.24, 2.45) is 0 Å². The monoisotopic (exact) mass is 296 g/mol. The van der Waals surface area contributed by atoms with E-state index in [1.165, 1.54) is 5.56 Å². The fraction of sp³-hybridized carbons (Fsp3) is 0.579. The van der Waals surface area contributed by atoms with Crippen molar-refractivity contribution in [1.29, 1.82) is 0 Å². The molecular formula is C19H36O2. The second-order valence-corrected chi connectivity index (χ2v) is 3.38. The molecule has 0 saturated heterocycles. The van der Waals surface area contributed by atoms with Crippen molar-refractivity contribution in [3.8, 4) is 5.75 Å². The molecule has 0 radical (unpaired) electrons. The van der Waals surface area contributed by atoms with Gasteiger partial charge in [-0.25, -0.2) is 0 Å². The van der Waals surface area contributed by atoms with Gasteiger partial charge in [-0.1, -0.05) is 65.8 Å². The maximum Gasteiger partial charge on any atom is 0.119 e. The minimum atomic E-state index is 0.671.